The highest BCUT2D eigenvalue weighted by Crippen LogP contribution is 2.29. The lowest BCUT2D eigenvalue weighted by atomic mass is 10.1. The number of carbonyl (C=O) groups is 4. The molecule has 0 aliphatic carbocycles. The third-order valence-corrected chi connectivity index (χ3v) is 5.56. The Bertz CT molecular complexity index is 735. The molecule has 1 spiro atoms. The summed E-state index contributed by atoms with van der Waals surface area (Å²) in [6.07, 6.45) is 0. The molecule has 13 nitrogen and oxygen atoms in total. The minimum absolute atomic E-state index is 0.0683. The molecule has 1 N–H and O–H groups in total. The summed E-state index contributed by atoms with van der Waals surface area (Å²) in [6.45, 7) is 2.60. The van der Waals surface area contributed by atoms with Gasteiger partial charge < -0.3 is 19.5 Å². The molecule has 0 radical (unpaired) electrons. The van der Waals surface area contributed by atoms with Crippen molar-refractivity contribution in [2.75, 3.05) is 78.5 Å². The van der Waals surface area contributed by atoms with Gasteiger partial charge in [-0.25, -0.2) is 9.59 Å². The molecule has 0 aromatic heterocycles. The van der Waals surface area contributed by atoms with E-state index in [9.17, 15) is 24.3 Å². The maximum Gasteiger partial charge on any atom is 0.343 e. The second-order valence-corrected chi connectivity index (χ2v) is 7.97. The van der Waals surface area contributed by atoms with Gasteiger partial charge in [0.25, 0.3) is 5.72 Å². The number of hydroxylamine groups is 2. The number of hydrogen-bond acceptors (Lipinski definition) is 12. The van der Waals surface area contributed by atoms with Gasteiger partial charge in [0, 0.05) is 39.3 Å². The normalized spacial score (nSPS) is 37.9. The number of carbonyl (C=O) groups excluding carboxylic acids is 3. The summed E-state index contributed by atoms with van der Waals surface area (Å²) in [4.78, 5) is 66.5. The number of morpholine rings is 1. The summed E-state index contributed by atoms with van der Waals surface area (Å²) in [7, 11) is 0. The largest absolute Gasteiger partial charge is 0.480 e. The molecule has 5 bridgehead atoms. The quantitative estimate of drug-likeness (QED) is 0.444. The van der Waals surface area contributed by atoms with E-state index < -0.39 is 29.6 Å². The summed E-state index contributed by atoms with van der Waals surface area (Å²) >= 11 is 0. The van der Waals surface area contributed by atoms with Crippen LogP contribution in [0.3, 0.4) is 0 Å². The molecule has 30 heavy (non-hydrogen) atoms. The first-order chi connectivity index (χ1) is 14.3. The highest BCUT2D eigenvalue weighted by Gasteiger charge is 2.54. The minimum Gasteiger partial charge on any atom is -0.480 e. The van der Waals surface area contributed by atoms with Crippen LogP contribution in [-0.2, 0) is 33.6 Å². The predicted molar refractivity (Wildman–Crippen MR) is 96.2 cm³/mol. The second-order valence-electron chi connectivity index (χ2n) is 7.97. The SMILES string of the molecule is O=C(O)CN1CCN2CCN3CC(=O)OC4(CN(CC1)CC(=O)ON4OC(=O)C2)C3. The average Bonchev–Trinajstić information content (AvgIpc) is 2.75. The fraction of sp³-hybridized carbons (Fsp3) is 0.765. The highest BCUT2D eigenvalue weighted by molar-refractivity contribution is 5.75. The highest BCUT2D eigenvalue weighted by atomic mass is 17.0. The summed E-state index contributed by atoms with van der Waals surface area (Å²) < 4.78 is 5.63. The summed E-state index contributed by atoms with van der Waals surface area (Å²) in [5.74, 6) is -2.78. The standard InChI is InChI=1S/C17H25N5O8/c23-13(24)7-18-1-2-19-4-6-20-8-14(25)28-17(11-20)12-21(5-3-18)10-16(27)30-22(17)29-15(26)9-19/h1-12H2,(H,23,24). The lowest BCUT2D eigenvalue weighted by molar-refractivity contribution is -0.415. The maximum absolute atomic E-state index is 12.6. The zero-order valence-corrected chi connectivity index (χ0v) is 16.5. The van der Waals surface area contributed by atoms with Crippen LogP contribution in [0.2, 0.25) is 0 Å². The molecule has 0 saturated carbocycles. The Morgan fingerprint density at radius 1 is 0.800 bits per heavy atom. The van der Waals surface area contributed by atoms with Gasteiger partial charge in [0.05, 0.1) is 44.5 Å². The third kappa shape index (κ3) is 4.70. The topological polar surface area (TPSA) is 132 Å². The molecule has 166 valence electrons. The average molecular weight is 427 g/mol. The number of rotatable bonds is 2. The maximum atomic E-state index is 12.6. The Morgan fingerprint density at radius 2 is 1.30 bits per heavy atom. The number of aliphatic carboxylic acids is 1. The van der Waals surface area contributed by atoms with E-state index >= 15 is 0 Å². The van der Waals surface area contributed by atoms with Gasteiger partial charge in [-0.2, -0.15) is 0 Å². The number of carboxylic acid groups (broad SMARTS) is 1. The van der Waals surface area contributed by atoms with Gasteiger partial charge in [0.15, 0.2) is 0 Å². The molecule has 5 atom stereocenters. The van der Waals surface area contributed by atoms with E-state index in [4.69, 9.17) is 14.4 Å². The van der Waals surface area contributed by atoms with E-state index in [0.717, 1.165) is 5.23 Å². The Balaban J connectivity index is 1.72. The first-order valence-corrected chi connectivity index (χ1v) is 9.86. The van der Waals surface area contributed by atoms with Gasteiger partial charge >= 0.3 is 23.9 Å². The van der Waals surface area contributed by atoms with Crippen LogP contribution < -0.4 is 0 Å². The third-order valence-electron chi connectivity index (χ3n) is 5.56. The predicted octanol–water partition coefficient (Wildman–Crippen LogP) is -3.21. The molecule has 5 saturated heterocycles. The Morgan fingerprint density at radius 3 is 1.93 bits per heavy atom. The molecule has 0 aromatic rings. The first kappa shape index (κ1) is 20.9. The fourth-order valence-corrected chi connectivity index (χ4v) is 4.19. The van der Waals surface area contributed by atoms with Crippen LogP contribution in [-0.4, -0.2) is 138 Å². The van der Waals surface area contributed by atoms with Crippen LogP contribution in [0.1, 0.15) is 0 Å². The lowest BCUT2D eigenvalue weighted by Gasteiger charge is -2.45. The molecule has 0 amide bonds. The van der Waals surface area contributed by atoms with E-state index in [2.05, 4.69) is 0 Å². The van der Waals surface area contributed by atoms with Crippen LogP contribution >= 0.6 is 0 Å². The fourth-order valence-electron chi connectivity index (χ4n) is 4.19. The number of hydrogen-bond donors (Lipinski definition) is 1. The van der Waals surface area contributed by atoms with Crippen LogP contribution in [0.15, 0.2) is 0 Å². The van der Waals surface area contributed by atoms with Gasteiger partial charge in [-0.05, 0) is 0 Å². The number of ether oxygens (including phenoxy) is 1. The van der Waals surface area contributed by atoms with E-state index in [1.807, 2.05) is 9.80 Å². The van der Waals surface area contributed by atoms with E-state index in [1.54, 1.807) is 9.80 Å². The van der Waals surface area contributed by atoms with E-state index in [1.165, 1.54) is 0 Å². The van der Waals surface area contributed by atoms with Gasteiger partial charge in [0.1, 0.15) is 0 Å². The van der Waals surface area contributed by atoms with E-state index in [-0.39, 0.29) is 39.3 Å². The Labute approximate surface area is 172 Å². The minimum atomic E-state index is -1.50. The van der Waals surface area contributed by atoms with Crippen molar-refractivity contribution in [2.45, 2.75) is 5.72 Å². The molecule has 13 heteroatoms. The van der Waals surface area contributed by atoms with Crippen molar-refractivity contribution in [3.05, 3.63) is 0 Å². The Kier molecular flexibility index (Phi) is 5.88. The second kappa shape index (κ2) is 8.43. The van der Waals surface area contributed by atoms with Crippen molar-refractivity contribution in [1.29, 1.82) is 0 Å². The zero-order valence-electron chi connectivity index (χ0n) is 16.5. The van der Waals surface area contributed by atoms with Crippen molar-refractivity contribution in [2.24, 2.45) is 0 Å². The van der Waals surface area contributed by atoms with Gasteiger partial charge in [-0.3, -0.25) is 29.2 Å². The molecule has 5 rings (SSSR count). The molecule has 0 aromatic carbocycles. The zero-order chi connectivity index (χ0) is 21.3. The van der Waals surface area contributed by atoms with Gasteiger partial charge in [-0.15, -0.1) is 0 Å². The van der Waals surface area contributed by atoms with Crippen molar-refractivity contribution < 1.29 is 38.7 Å². The number of esters is 1. The lowest BCUT2D eigenvalue weighted by Crippen LogP contribution is -2.67. The van der Waals surface area contributed by atoms with Crippen LogP contribution in [0.4, 0.5) is 0 Å². The summed E-state index contributed by atoms with van der Waals surface area (Å²) in [5.41, 5.74) is -1.50. The van der Waals surface area contributed by atoms with Crippen LogP contribution in [0.25, 0.3) is 0 Å². The van der Waals surface area contributed by atoms with Gasteiger partial charge in [0.2, 0.25) is 0 Å². The Hall–Kier alpha value is -2.32. The molecular weight excluding hydrogens is 402 g/mol. The van der Waals surface area contributed by atoms with Crippen molar-refractivity contribution in [1.82, 2.24) is 24.8 Å². The van der Waals surface area contributed by atoms with Gasteiger partial charge in [-0.1, -0.05) is 0 Å². The van der Waals surface area contributed by atoms with Crippen molar-refractivity contribution in [3.8, 4) is 0 Å². The van der Waals surface area contributed by atoms with Crippen LogP contribution in [0, 0.1) is 0 Å². The molecule has 5 aliphatic heterocycles. The number of carboxylic acids is 1. The van der Waals surface area contributed by atoms with E-state index in [0.29, 0.717) is 39.3 Å². The monoisotopic (exact) mass is 427 g/mol. The summed E-state index contributed by atoms with van der Waals surface area (Å²) in [6, 6.07) is 0. The number of fused-ring (bicyclic) bond motifs is 7. The molecular formula is C17H25N5O8. The number of nitrogens with zero attached hydrogens (tertiary/aromatic N) is 5. The summed E-state index contributed by atoms with van der Waals surface area (Å²) in [5, 5.41) is 9.99. The molecule has 5 fully saturated rings. The molecule has 5 heterocycles. The van der Waals surface area contributed by atoms with Crippen LogP contribution in [0.5, 0.6) is 0 Å². The van der Waals surface area contributed by atoms with Crippen molar-refractivity contribution in [3.63, 3.8) is 0 Å². The smallest absolute Gasteiger partial charge is 0.343 e. The van der Waals surface area contributed by atoms with Crippen molar-refractivity contribution >= 4 is 23.9 Å². The first-order valence-electron chi connectivity index (χ1n) is 9.86. The molecule has 5 unspecified atom stereocenters. The molecule has 5 aliphatic rings.